The van der Waals surface area contributed by atoms with Crippen molar-refractivity contribution in [2.45, 2.75) is 65.6 Å². The fraction of sp³-hybridized carbons (Fsp3) is 0.481. The zero-order chi connectivity index (χ0) is 26.9. The van der Waals surface area contributed by atoms with E-state index in [1.54, 1.807) is 36.1 Å². The van der Waals surface area contributed by atoms with Gasteiger partial charge in [-0.1, -0.05) is 42.8 Å². The van der Waals surface area contributed by atoms with Crippen LogP contribution < -0.4 is 14.4 Å². The van der Waals surface area contributed by atoms with Gasteiger partial charge in [-0.15, -0.1) is 0 Å². The SMILES string of the molecule is CC[C@@H](C)NC(=O)[C@@H](C)N(Cc1ccc(C)cc1)C(=O)CCCN(c1cccc(OC)c1)S(C)(=O)=O. The van der Waals surface area contributed by atoms with Gasteiger partial charge in [0.05, 0.1) is 19.1 Å². The molecule has 0 spiro atoms. The summed E-state index contributed by atoms with van der Waals surface area (Å²) in [7, 11) is -2.05. The van der Waals surface area contributed by atoms with Crippen LogP contribution in [0.2, 0.25) is 0 Å². The van der Waals surface area contributed by atoms with Crippen LogP contribution in [-0.4, -0.2) is 57.1 Å². The molecule has 0 saturated heterocycles. The van der Waals surface area contributed by atoms with Gasteiger partial charge in [-0.25, -0.2) is 8.42 Å². The first-order chi connectivity index (χ1) is 17.0. The van der Waals surface area contributed by atoms with Gasteiger partial charge in [-0.05, 0) is 51.3 Å². The third kappa shape index (κ3) is 8.55. The molecule has 198 valence electrons. The maximum Gasteiger partial charge on any atom is 0.242 e. The molecule has 2 atom stereocenters. The van der Waals surface area contributed by atoms with Crippen LogP contribution in [0.3, 0.4) is 0 Å². The highest BCUT2D eigenvalue weighted by atomic mass is 32.2. The molecule has 2 amide bonds. The lowest BCUT2D eigenvalue weighted by atomic mass is 10.1. The first-order valence-corrected chi connectivity index (χ1v) is 14.1. The molecule has 8 nitrogen and oxygen atoms in total. The Kier molecular flexibility index (Phi) is 10.8. The van der Waals surface area contributed by atoms with Crippen molar-refractivity contribution < 1.29 is 22.7 Å². The van der Waals surface area contributed by atoms with Gasteiger partial charge >= 0.3 is 0 Å². The number of hydrogen-bond acceptors (Lipinski definition) is 5. The average molecular weight is 518 g/mol. The van der Waals surface area contributed by atoms with E-state index < -0.39 is 16.1 Å². The number of hydrogen-bond donors (Lipinski definition) is 1. The van der Waals surface area contributed by atoms with Crippen LogP contribution in [0.5, 0.6) is 5.75 Å². The van der Waals surface area contributed by atoms with Crippen molar-refractivity contribution in [2.24, 2.45) is 0 Å². The molecule has 9 heteroatoms. The molecule has 36 heavy (non-hydrogen) atoms. The van der Waals surface area contributed by atoms with E-state index >= 15 is 0 Å². The van der Waals surface area contributed by atoms with E-state index in [1.165, 1.54) is 11.4 Å². The van der Waals surface area contributed by atoms with Crippen LogP contribution >= 0.6 is 0 Å². The summed E-state index contributed by atoms with van der Waals surface area (Å²) in [5.74, 6) is 0.128. The van der Waals surface area contributed by atoms with Crippen molar-refractivity contribution in [1.82, 2.24) is 10.2 Å². The zero-order valence-electron chi connectivity index (χ0n) is 22.2. The molecule has 0 bridgehead atoms. The largest absolute Gasteiger partial charge is 0.497 e. The Morgan fingerprint density at radius 3 is 2.33 bits per heavy atom. The topological polar surface area (TPSA) is 96.0 Å². The van der Waals surface area contributed by atoms with Gasteiger partial charge in [0.2, 0.25) is 21.8 Å². The predicted molar refractivity (Wildman–Crippen MR) is 144 cm³/mol. The Hall–Kier alpha value is -3.07. The summed E-state index contributed by atoms with van der Waals surface area (Å²) in [5.41, 5.74) is 2.51. The lowest BCUT2D eigenvalue weighted by molar-refractivity contribution is -0.140. The lowest BCUT2D eigenvalue weighted by Gasteiger charge is -2.30. The molecular formula is C27H39N3O5S. The van der Waals surface area contributed by atoms with Crippen LogP contribution in [0.15, 0.2) is 48.5 Å². The summed E-state index contributed by atoms with van der Waals surface area (Å²) >= 11 is 0. The molecular weight excluding hydrogens is 478 g/mol. The summed E-state index contributed by atoms with van der Waals surface area (Å²) in [6.07, 6.45) is 2.32. The van der Waals surface area contributed by atoms with Crippen molar-refractivity contribution >= 4 is 27.5 Å². The number of methoxy groups -OCH3 is 1. The Balaban J connectivity index is 2.17. The van der Waals surface area contributed by atoms with E-state index in [2.05, 4.69) is 5.32 Å². The normalized spacial score (nSPS) is 12.9. The van der Waals surface area contributed by atoms with Crippen molar-refractivity contribution in [1.29, 1.82) is 0 Å². The number of carbonyl (C=O) groups excluding carboxylic acids is 2. The molecule has 0 heterocycles. The summed E-state index contributed by atoms with van der Waals surface area (Å²) in [5, 5.41) is 2.95. The highest BCUT2D eigenvalue weighted by Crippen LogP contribution is 2.24. The van der Waals surface area contributed by atoms with Crippen molar-refractivity contribution in [3.63, 3.8) is 0 Å². The zero-order valence-corrected chi connectivity index (χ0v) is 23.0. The molecule has 0 fully saturated rings. The van der Waals surface area contributed by atoms with E-state index in [1.807, 2.05) is 45.0 Å². The van der Waals surface area contributed by atoms with E-state index in [-0.39, 0.29) is 30.8 Å². The summed E-state index contributed by atoms with van der Waals surface area (Å²) < 4.78 is 31.4. The fourth-order valence-electron chi connectivity index (χ4n) is 3.71. The molecule has 0 aliphatic heterocycles. The molecule has 0 aliphatic rings. The lowest BCUT2D eigenvalue weighted by Crippen LogP contribution is -2.49. The number of ether oxygens (including phenoxy) is 1. The van der Waals surface area contributed by atoms with Crippen LogP contribution in [0, 0.1) is 6.92 Å². The van der Waals surface area contributed by atoms with Gasteiger partial charge in [0.1, 0.15) is 11.8 Å². The fourth-order valence-corrected chi connectivity index (χ4v) is 4.67. The summed E-state index contributed by atoms with van der Waals surface area (Å²) in [6.45, 7) is 8.05. The van der Waals surface area contributed by atoms with E-state index in [9.17, 15) is 18.0 Å². The Bertz CT molecular complexity index is 1120. The van der Waals surface area contributed by atoms with Crippen molar-refractivity contribution in [3.05, 3.63) is 59.7 Å². The third-order valence-electron chi connectivity index (χ3n) is 6.14. The average Bonchev–Trinajstić information content (AvgIpc) is 2.84. The van der Waals surface area contributed by atoms with Crippen molar-refractivity contribution in [3.8, 4) is 5.75 Å². The Morgan fingerprint density at radius 2 is 1.75 bits per heavy atom. The van der Waals surface area contributed by atoms with E-state index in [4.69, 9.17) is 4.74 Å². The van der Waals surface area contributed by atoms with Gasteiger partial charge in [0.15, 0.2) is 0 Å². The van der Waals surface area contributed by atoms with Crippen LogP contribution in [0.1, 0.15) is 51.2 Å². The standard InChI is InChI=1S/C27H39N3O5S/c1-7-21(3)28-27(32)22(4)29(19-23-15-13-20(2)14-16-23)26(31)12-9-17-30(36(6,33)34)24-10-8-11-25(18-24)35-5/h8,10-11,13-16,18,21-22H,7,9,12,17,19H2,1-6H3,(H,28,32)/t21-,22-/m1/s1. The van der Waals surface area contributed by atoms with Crippen molar-refractivity contribution in [2.75, 3.05) is 24.2 Å². The molecule has 0 aromatic heterocycles. The number of sulfonamides is 1. The quantitative estimate of drug-likeness (QED) is 0.435. The number of amides is 2. The van der Waals surface area contributed by atoms with Crippen LogP contribution in [0.4, 0.5) is 5.69 Å². The maximum atomic E-state index is 13.3. The molecule has 2 aromatic carbocycles. The van der Waals surface area contributed by atoms with Gasteiger partial charge < -0.3 is 15.0 Å². The third-order valence-corrected chi connectivity index (χ3v) is 7.33. The van der Waals surface area contributed by atoms with Gasteiger partial charge in [-0.2, -0.15) is 0 Å². The highest BCUT2D eigenvalue weighted by molar-refractivity contribution is 7.92. The number of benzene rings is 2. The van der Waals surface area contributed by atoms with Gasteiger partial charge in [0.25, 0.3) is 0 Å². The highest BCUT2D eigenvalue weighted by Gasteiger charge is 2.27. The van der Waals surface area contributed by atoms with Crippen LogP contribution in [0.25, 0.3) is 0 Å². The number of nitrogens with zero attached hydrogens (tertiary/aromatic N) is 2. The minimum absolute atomic E-state index is 0.00228. The molecule has 0 aliphatic carbocycles. The number of rotatable bonds is 13. The van der Waals surface area contributed by atoms with Gasteiger partial charge in [-0.3, -0.25) is 13.9 Å². The Labute approximate surface area is 215 Å². The predicted octanol–water partition coefficient (Wildman–Crippen LogP) is 3.88. The summed E-state index contributed by atoms with van der Waals surface area (Å²) in [4.78, 5) is 27.8. The first kappa shape index (κ1) is 29.2. The minimum Gasteiger partial charge on any atom is -0.497 e. The second-order valence-electron chi connectivity index (χ2n) is 9.14. The Morgan fingerprint density at radius 1 is 1.08 bits per heavy atom. The smallest absolute Gasteiger partial charge is 0.242 e. The van der Waals surface area contributed by atoms with Crippen LogP contribution in [-0.2, 0) is 26.2 Å². The number of anilines is 1. The molecule has 1 N–H and O–H groups in total. The first-order valence-electron chi connectivity index (χ1n) is 12.2. The monoisotopic (exact) mass is 517 g/mol. The van der Waals surface area contributed by atoms with Gasteiger partial charge in [0, 0.05) is 31.6 Å². The van der Waals surface area contributed by atoms with E-state index in [0.717, 1.165) is 23.8 Å². The molecule has 2 rings (SSSR count). The number of nitrogens with one attached hydrogen (secondary N) is 1. The maximum absolute atomic E-state index is 13.3. The molecule has 2 aromatic rings. The molecule has 0 saturated carbocycles. The van der Waals surface area contributed by atoms with E-state index in [0.29, 0.717) is 24.4 Å². The second-order valence-corrected chi connectivity index (χ2v) is 11.0. The minimum atomic E-state index is -3.57. The second kappa shape index (κ2) is 13.3. The summed E-state index contributed by atoms with van der Waals surface area (Å²) in [6, 6.07) is 14.0. The molecule has 0 unspecified atom stereocenters. The molecule has 0 radical (unpaired) electrons. The number of carbonyl (C=O) groups is 2. The number of aryl methyl sites for hydroxylation is 1.